The molecule has 6 nitrogen and oxygen atoms in total. The van der Waals surface area contributed by atoms with Crippen LogP contribution in [0.15, 0.2) is 36.7 Å². The molecular formula is C19H23N5O. The molecule has 6 heteroatoms. The molecule has 25 heavy (non-hydrogen) atoms. The number of piperidine rings is 1. The number of hydrogen-bond donors (Lipinski definition) is 2. The lowest BCUT2D eigenvalue weighted by Gasteiger charge is -2.28. The van der Waals surface area contributed by atoms with Gasteiger partial charge in [-0.3, -0.25) is 4.79 Å². The van der Waals surface area contributed by atoms with Crippen molar-refractivity contribution in [3.05, 3.63) is 42.4 Å². The first-order valence-corrected chi connectivity index (χ1v) is 9.03. The standard InChI is InChI=1S/C19H23N5O/c25-19(17-12-21-18(13-20-17)22-14-4-5-14)23-15-6-8-16(9-7-15)24-10-2-1-3-11-24/h6-9,12-14H,1-5,10-11H2,(H,21,22)(H,23,25). The van der Waals surface area contributed by atoms with Gasteiger partial charge in [0.05, 0.1) is 12.4 Å². The number of rotatable bonds is 5. The quantitative estimate of drug-likeness (QED) is 0.876. The molecule has 2 N–H and O–H groups in total. The van der Waals surface area contributed by atoms with Gasteiger partial charge in [-0.15, -0.1) is 0 Å². The Kier molecular flexibility index (Phi) is 4.50. The highest BCUT2D eigenvalue weighted by atomic mass is 16.1. The molecule has 1 amide bonds. The Morgan fingerprint density at radius 3 is 2.40 bits per heavy atom. The van der Waals surface area contributed by atoms with Crippen molar-refractivity contribution in [2.45, 2.75) is 38.1 Å². The maximum absolute atomic E-state index is 12.3. The van der Waals surface area contributed by atoms with Crippen molar-refractivity contribution in [2.24, 2.45) is 0 Å². The molecule has 1 aromatic carbocycles. The van der Waals surface area contributed by atoms with Crippen LogP contribution in [-0.4, -0.2) is 35.0 Å². The molecule has 0 atom stereocenters. The summed E-state index contributed by atoms with van der Waals surface area (Å²) < 4.78 is 0. The summed E-state index contributed by atoms with van der Waals surface area (Å²) in [6.07, 6.45) is 9.32. The number of benzene rings is 1. The van der Waals surface area contributed by atoms with Crippen molar-refractivity contribution in [3.8, 4) is 0 Å². The molecular weight excluding hydrogens is 314 g/mol. The number of nitrogens with one attached hydrogen (secondary N) is 2. The van der Waals surface area contributed by atoms with Gasteiger partial charge in [-0.1, -0.05) is 0 Å². The van der Waals surface area contributed by atoms with Crippen LogP contribution < -0.4 is 15.5 Å². The lowest BCUT2D eigenvalue weighted by atomic mass is 10.1. The minimum atomic E-state index is -0.240. The number of carbonyl (C=O) groups is 1. The first kappa shape index (κ1) is 15.9. The largest absolute Gasteiger partial charge is 0.372 e. The van der Waals surface area contributed by atoms with E-state index in [-0.39, 0.29) is 5.91 Å². The predicted molar refractivity (Wildman–Crippen MR) is 99.1 cm³/mol. The van der Waals surface area contributed by atoms with E-state index in [0.29, 0.717) is 11.7 Å². The second kappa shape index (κ2) is 7.09. The average Bonchev–Trinajstić information content (AvgIpc) is 3.48. The van der Waals surface area contributed by atoms with Crippen molar-refractivity contribution in [1.82, 2.24) is 9.97 Å². The number of anilines is 3. The zero-order chi connectivity index (χ0) is 17.1. The minimum absolute atomic E-state index is 0.240. The molecule has 2 aromatic rings. The van der Waals surface area contributed by atoms with Crippen LogP contribution in [0.1, 0.15) is 42.6 Å². The molecule has 2 heterocycles. The Labute approximate surface area is 147 Å². The summed E-state index contributed by atoms with van der Waals surface area (Å²) in [6, 6.07) is 8.54. The molecule has 1 aliphatic carbocycles. The lowest BCUT2D eigenvalue weighted by Crippen LogP contribution is -2.29. The lowest BCUT2D eigenvalue weighted by molar-refractivity contribution is 0.102. The molecule has 0 radical (unpaired) electrons. The van der Waals surface area contributed by atoms with E-state index in [1.54, 1.807) is 6.20 Å². The van der Waals surface area contributed by atoms with Gasteiger partial charge in [0.25, 0.3) is 5.91 Å². The second-order valence-corrected chi connectivity index (χ2v) is 6.75. The SMILES string of the molecule is O=C(Nc1ccc(N2CCCCC2)cc1)c1cnc(NC2CC2)cn1. The van der Waals surface area contributed by atoms with Gasteiger partial charge in [-0.25, -0.2) is 9.97 Å². The molecule has 1 saturated heterocycles. The highest BCUT2D eigenvalue weighted by Crippen LogP contribution is 2.23. The van der Waals surface area contributed by atoms with Crippen molar-refractivity contribution < 1.29 is 4.79 Å². The molecule has 2 fully saturated rings. The molecule has 0 spiro atoms. The van der Waals surface area contributed by atoms with E-state index in [4.69, 9.17) is 0 Å². The molecule has 2 aliphatic rings. The van der Waals surface area contributed by atoms with Gasteiger partial charge in [0.15, 0.2) is 0 Å². The fourth-order valence-corrected chi connectivity index (χ4v) is 3.06. The normalized spacial score (nSPS) is 17.2. The molecule has 0 unspecified atom stereocenters. The zero-order valence-electron chi connectivity index (χ0n) is 14.2. The third-order valence-electron chi connectivity index (χ3n) is 4.66. The summed E-state index contributed by atoms with van der Waals surface area (Å²) in [5, 5.41) is 6.14. The van der Waals surface area contributed by atoms with E-state index in [9.17, 15) is 4.79 Å². The van der Waals surface area contributed by atoms with Crippen LogP contribution in [0.3, 0.4) is 0 Å². The van der Waals surface area contributed by atoms with Crippen LogP contribution in [0.4, 0.5) is 17.2 Å². The van der Waals surface area contributed by atoms with Gasteiger partial charge < -0.3 is 15.5 Å². The van der Waals surface area contributed by atoms with Gasteiger partial charge >= 0.3 is 0 Å². The highest BCUT2D eigenvalue weighted by molar-refractivity contribution is 6.02. The number of hydrogen-bond acceptors (Lipinski definition) is 5. The number of amides is 1. The smallest absolute Gasteiger partial charge is 0.275 e. The molecule has 0 bridgehead atoms. The Bertz CT molecular complexity index is 718. The Morgan fingerprint density at radius 2 is 1.76 bits per heavy atom. The van der Waals surface area contributed by atoms with Crippen LogP contribution in [0.25, 0.3) is 0 Å². The maximum Gasteiger partial charge on any atom is 0.275 e. The fourth-order valence-electron chi connectivity index (χ4n) is 3.06. The van der Waals surface area contributed by atoms with Crippen molar-refractivity contribution in [1.29, 1.82) is 0 Å². The van der Waals surface area contributed by atoms with Gasteiger partial charge in [-0.05, 0) is 56.4 Å². The van der Waals surface area contributed by atoms with Crippen molar-refractivity contribution >= 4 is 23.1 Å². The van der Waals surface area contributed by atoms with E-state index >= 15 is 0 Å². The summed E-state index contributed by atoms with van der Waals surface area (Å²) in [5.74, 6) is 0.487. The van der Waals surface area contributed by atoms with E-state index < -0.39 is 0 Å². The topological polar surface area (TPSA) is 70.2 Å². The molecule has 1 saturated carbocycles. The Hall–Kier alpha value is -2.63. The average molecular weight is 337 g/mol. The Morgan fingerprint density at radius 1 is 1.00 bits per heavy atom. The molecule has 1 aromatic heterocycles. The van der Waals surface area contributed by atoms with Gasteiger partial charge in [0.2, 0.25) is 0 Å². The molecule has 1 aliphatic heterocycles. The summed E-state index contributed by atoms with van der Waals surface area (Å²) in [4.78, 5) is 23.2. The van der Waals surface area contributed by atoms with Crippen LogP contribution in [-0.2, 0) is 0 Å². The number of carbonyl (C=O) groups excluding carboxylic acids is 1. The van der Waals surface area contributed by atoms with Gasteiger partial charge in [0, 0.05) is 30.5 Å². The summed E-state index contributed by atoms with van der Waals surface area (Å²) >= 11 is 0. The van der Waals surface area contributed by atoms with E-state index in [1.165, 1.54) is 44.0 Å². The van der Waals surface area contributed by atoms with Crippen molar-refractivity contribution in [3.63, 3.8) is 0 Å². The highest BCUT2D eigenvalue weighted by Gasteiger charge is 2.21. The monoisotopic (exact) mass is 337 g/mol. The Balaban J connectivity index is 1.36. The number of aromatic nitrogens is 2. The summed E-state index contributed by atoms with van der Waals surface area (Å²) in [5.41, 5.74) is 2.31. The van der Waals surface area contributed by atoms with Crippen LogP contribution in [0.5, 0.6) is 0 Å². The zero-order valence-corrected chi connectivity index (χ0v) is 14.2. The predicted octanol–water partition coefficient (Wildman–Crippen LogP) is 3.29. The van der Waals surface area contributed by atoms with E-state index in [2.05, 4.69) is 37.6 Å². The second-order valence-electron chi connectivity index (χ2n) is 6.75. The van der Waals surface area contributed by atoms with Crippen LogP contribution in [0.2, 0.25) is 0 Å². The first-order valence-electron chi connectivity index (χ1n) is 9.03. The third-order valence-corrected chi connectivity index (χ3v) is 4.66. The van der Waals surface area contributed by atoms with Crippen LogP contribution >= 0.6 is 0 Å². The molecule has 4 rings (SSSR count). The van der Waals surface area contributed by atoms with Gasteiger partial charge in [-0.2, -0.15) is 0 Å². The van der Waals surface area contributed by atoms with Crippen molar-refractivity contribution in [2.75, 3.05) is 28.6 Å². The summed E-state index contributed by atoms with van der Waals surface area (Å²) in [6.45, 7) is 2.23. The first-order chi connectivity index (χ1) is 12.3. The van der Waals surface area contributed by atoms with E-state index in [0.717, 1.165) is 24.6 Å². The maximum atomic E-state index is 12.3. The third kappa shape index (κ3) is 4.07. The van der Waals surface area contributed by atoms with Crippen LogP contribution in [0, 0.1) is 0 Å². The fraction of sp³-hybridized carbons (Fsp3) is 0.421. The summed E-state index contributed by atoms with van der Waals surface area (Å²) in [7, 11) is 0. The minimum Gasteiger partial charge on any atom is -0.372 e. The molecule has 130 valence electrons. The number of nitrogens with zero attached hydrogens (tertiary/aromatic N) is 3. The van der Waals surface area contributed by atoms with Gasteiger partial charge in [0.1, 0.15) is 11.5 Å². The van der Waals surface area contributed by atoms with E-state index in [1.807, 2.05) is 12.1 Å².